The van der Waals surface area contributed by atoms with Crippen LogP contribution in [0.2, 0.25) is 0 Å². The predicted octanol–water partition coefficient (Wildman–Crippen LogP) is 9.90. The van der Waals surface area contributed by atoms with Crippen molar-refractivity contribution in [3.63, 3.8) is 0 Å². The lowest BCUT2D eigenvalue weighted by Crippen LogP contribution is -2.31. The Labute approximate surface area is 278 Å². The minimum Gasteiger partial charge on any atom is -0.310 e. The number of rotatable bonds is 4. The maximum Gasteiger partial charge on any atom is 0.0631 e. The Balaban J connectivity index is 1.20. The Kier molecular flexibility index (Phi) is 5.95. The number of hydrogen-bond acceptors (Lipinski definition) is 0. The van der Waals surface area contributed by atoms with Crippen LogP contribution in [0.3, 0.4) is 0 Å². The number of fused-ring (bicyclic) bond motifs is 7. The van der Waals surface area contributed by atoms with Gasteiger partial charge in [-0.3, -0.25) is 0 Å². The number of aromatic nitrogens is 2. The molecule has 9 aromatic rings. The van der Waals surface area contributed by atoms with E-state index in [1.54, 1.807) is 0 Å². The number of para-hydroxylation sites is 2. The highest BCUT2D eigenvalue weighted by atomic mass is 15.0. The number of benzene rings is 6. The molecule has 0 spiro atoms. The molecule has 7 aromatic carbocycles. The minimum atomic E-state index is 0.210. The molecule has 0 radical (unpaired) electrons. The van der Waals surface area contributed by atoms with Crippen molar-refractivity contribution in [1.29, 1.82) is 0 Å². The van der Waals surface area contributed by atoms with E-state index in [-0.39, 0.29) is 5.92 Å². The topological polar surface area (TPSA) is 9.86 Å². The first-order chi connectivity index (χ1) is 23.8. The highest BCUT2D eigenvalue weighted by molar-refractivity contribution is 6.10. The largest absolute Gasteiger partial charge is 0.310 e. The van der Waals surface area contributed by atoms with Crippen LogP contribution >= 0.6 is 0 Å². The van der Waals surface area contributed by atoms with E-state index in [1.807, 2.05) is 6.07 Å². The molecule has 0 aliphatic heterocycles. The van der Waals surface area contributed by atoms with Gasteiger partial charge in [-0.2, -0.15) is 0 Å². The SMILES string of the molecule is c1ccc2c(c#1)c1cccc(C3C=c4c(n(-c5ccc6ccccc6c5)c5ccccc45)=CC3)c1n2-c1cccc(-c2ccccc2)c1. The fraction of sp³-hybridized carbons (Fsp3) is 0.0435. The van der Waals surface area contributed by atoms with Crippen LogP contribution in [-0.2, 0) is 0 Å². The van der Waals surface area contributed by atoms with Crippen molar-refractivity contribution in [3.8, 4) is 22.5 Å². The Morgan fingerprint density at radius 2 is 1.33 bits per heavy atom. The Morgan fingerprint density at radius 3 is 2.27 bits per heavy atom. The summed E-state index contributed by atoms with van der Waals surface area (Å²) in [5.74, 6) is 0.210. The van der Waals surface area contributed by atoms with E-state index in [2.05, 4.69) is 179 Å². The molecule has 224 valence electrons. The van der Waals surface area contributed by atoms with Gasteiger partial charge in [0, 0.05) is 38.6 Å². The van der Waals surface area contributed by atoms with Crippen molar-refractivity contribution in [2.75, 3.05) is 0 Å². The molecule has 2 heterocycles. The number of nitrogens with zero attached hydrogens (tertiary/aromatic N) is 2. The van der Waals surface area contributed by atoms with Crippen molar-refractivity contribution in [3.05, 3.63) is 180 Å². The minimum absolute atomic E-state index is 0.210. The van der Waals surface area contributed by atoms with E-state index in [0.717, 1.165) is 23.0 Å². The lowest BCUT2D eigenvalue weighted by atomic mass is 9.90. The third-order valence-corrected chi connectivity index (χ3v) is 10.1. The van der Waals surface area contributed by atoms with Gasteiger partial charge in [0.2, 0.25) is 0 Å². The van der Waals surface area contributed by atoms with E-state index in [1.165, 1.54) is 65.5 Å². The van der Waals surface area contributed by atoms with E-state index in [4.69, 9.17) is 0 Å². The first-order valence-electron chi connectivity index (χ1n) is 16.6. The third kappa shape index (κ3) is 4.08. The quantitative estimate of drug-likeness (QED) is 0.188. The van der Waals surface area contributed by atoms with Crippen LogP contribution in [0.4, 0.5) is 0 Å². The maximum absolute atomic E-state index is 3.47. The average molecular weight is 611 g/mol. The Morgan fingerprint density at radius 1 is 0.562 bits per heavy atom. The summed E-state index contributed by atoms with van der Waals surface area (Å²) < 4.78 is 4.89. The van der Waals surface area contributed by atoms with Gasteiger partial charge in [0.1, 0.15) is 0 Å². The smallest absolute Gasteiger partial charge is 0.0631 e. The van der Waals surface area contributed by atoms with Gasteiger partial charge in [0.05, 0.1) is 21.9 Å². The zero-order chi connectivity index (χ0) is 31.6. The van der Waals surface area contributed by atoms with Gasteiger partial charge in [-0.25, -0.2) is 0 Å². The molecule has 2 aromatic heterocycles. The molecule has 0 bridgehead atoms. The average Bonchev–Trinajstić information content (AvgIpc) is 3.68. The van der Waals surface area contributed by atoms with Crippen LogP contribution in [-0.4, -0.2) is 9.13 Å². The highest BCUT2D eigenvalue weighted by Gasteiger charge is 2.22. The summed E-state index contributed by atoms with van der Waals surface area (Å²) >= 11 is 0. The molecule has 0 N–H and O–H groups in total. The molecule has 48 heavy (non-hydrogen) atoms. The third-order valence-electron chi connectivity index (χ3n) is 10.1. The fourth-order valence-corrected chi connectivity index (χ4v) is 7.91. The van der Waals surface area contributed by atoms with Crippen molar-refractivity contribution >= 4 is 55.6 Å². The van der Waals surface area contributed by atoms with E-state index in [0.29, 0.717) is 0 Å². The van der Waals surface area contributed by atoms with Gasteiger partial charge in [0.25, 0.3) is 0 Å². The summed E-state index contributed by atoms with van der Waals surface area (Å²) in [6, 6.07) is 61.4. The van der Waals surface area contributed by atoms with Crippen LogP contribution < -0.4 is 10.6 Å². The summed E-state index contributed by atoms with van der Waals surface area (Å²) in [6.07, 6.45) is 5.89. The Bertz CT molecular complexity index is 2810. The summed E-state index contributed by atoms with van der Waals surface area (Å²) in [4.78, 5) is 0. The molecule has 1 atom stereocenters. The highest BCUT2D eigenvalue weighted by Crippen LogP contribution is 2.38. The second kappa shape index (κ2) is 10.6. The summed E-state index contributed by atoms with van der Waals surface area (Å²) in [6.45, 7) is 0. The van der Waals surface area contributed by atoms with Gasteiger partial charge in [-0.15, -0.1) is 0 Å². The molecule has 0 saturated heterocycles. The molecule has 10 rings (SSSR count). The molecule has 1 unspecified atom stereocenters. The zero-order valence-electron chi connectivity index (χ0n) is 26.3. The van der Waals surface area contributed by atoms with Gasteiger partial charge < -0.3 is 9.13 Å². The standard InChI is InChI=1S/C46H30N2/c1-2-12-31(13-3-1)34-16-10-17-36(28-34)48-44-23-9-6-18-39(44)41-21-11-20-38(46(41)48)35-25-27-45-42(30-35)40-19-7-8-22-43(40)47(45)37-26-24-32-14-4-5-15-33(32)29-37/h1-5,7-17,19-24,26-30,35H,25H2. The van der Waals surface area contributed by atoms with Crippen LogP contribution in [0.1, 0.15) is 17.9 Å². The van der Waals surface area contributed by atoms with Gasteiger partial charge >= 0.3 is 0 Å². The molecule has 1 aliphatic rings. The second-order valence-corrected chi connectivity index (χ2v) is 12.8. The normalized spacial score (nSPS) is 14.1. The van der Waals surface area contributed by atoms with Gasteiger partial charge in [-0.1, -0.05) is 133 Å². The predicted molar refractivity (Wildman–Crippen MR) is 200 cm³/mol. The molecule has 2 nitrogen and oxygen atoms in total. The molecule has 1 aliphatic carbocycles. The van der Waals surface area contributed by atoms with Crippen molar-refractivity contribution in [1.82, 2.24) is 9.13 Å². The molecular formula is C46H30N2. The molecule has 2 heteroatoms. The van der Waals surface area contributed by atoms with Crippen LogP contribution in [0.5, 0.6) is 0 Å². The van der Waals surface area contributed by atoms with Crippen LogP contribution in [0.25, 0.3) is 78.1 Å². The Hall–Kier alpha value is -6.30. The first-order valence-corrected chi connectivity index (χ1v) is 16.6. The molecule has 0 amide bonds. The zero-order valence-corrected chi connectivity index (χ0v) is 26.3. The maximum atomic E-state index is 3.47. The lowest BCUT2D eigenvalue weighted by molar-refractivity contribution is 0.909. The molecular weight excluding hydrogens is 581 g/mol. The first kappa shape index (κ1) is 26.9. The number of hydrogen-bond donors (Lipinski definition) is 0. The summed E-state index contributed by atoms with van der Waals surface area (Å²) in [5.41, 5.74) is 9.72. The van der Waals surface area contributed by atoms with Crippen molar-refractivity contribution in [2.24, 2.45) is 0 Å². The summed E-state index contributed by atoms with van der Waals surface area (Å²) in [5, 5.41) is 8.69. The summed E-state index contributed by atoms with van der Waals surface area (Å²) in [7, 11) is 0. The molecule has 0 saturated carbocycles. The van der Waals surface area contributed by atoms with E-state index in [9.17, 15) is 0 Å². The van der Waals surface area contributed by atoms with Crippen molar-refractivity contribution in [2.45, 2.75) is 12.3 Å². The fourth-order valence-electron chi connectivity index (χ4n) is 7.91. The molecule has 0 fully saturated rings. The van der Waals surface area contributed by atoms with E-state index < -0.39 is 0 Å². The van der Waals surface area contributed by atoms with Crippen LogP contribution in [0, 0.1) is 12.1 Å². The van der Waals surface area contributed by atoms with Crippen molar-refractivity contribution < 1.29 is 0 Å². The monoisotopic (exact) mass is 610 g/mol. The van der Waals surface area contributed by atoms with Gasteiger partial charge in [0.15, 0.2) is 0 Å². The second-order valence-electron chi connectivity index (χ2n) is 12.8. The lowest BCUT2D eigenvalue weighted by Gasteiger charge is -2.18. The van der Waals surface area contributed by atoms with Crippen LogP contribution in [0.15, 0.2) is 152 Å². The van der Waals surface area contributed by atoms with E-state index >= 15 is 0 Å². The van der Waals surface area contributed by atoms with Gasteiger partial charge in [-0.05, 0) is 76.3 Å².